The lowest BCUT2D eigenvalue weighted by atomic mass is 10.3. The van der Waals surface area contributed by atoms with Gasteiger partial charge in [-0.2, -0.15) is 0 Å². The number of rotatable bonds is 7. The molecule has 0 saturated heterocycles. The van der Waals surface area contributed by atoms with Crippen molar-refractivity contribution in [2.75, 3.05) is 12.4 Å². The van der Waals surface area contributed by atoms with Crippen molar-refractivity contribution < 1.29 is 19.4 Å². The molecule has 7 heteroatoms. The standard InChI is InChI=1S/C12H16N2O4S/c1-3-18-10-5-4-6-11(14-10)19-7-9(12(16)17)13-8(2)15/h4-6,9H,3,7H2,1-2H3,(H,13,15)(H,16,17)/t9-/m0/s1. The summed E-state index contributed by atoms with van der Waals surface area (Å²) in [5.74, 6) is -0.732. The molecule has 0 saturated carbocycles. The molecule has 1 aromatic rings. The molecule has 0 aliphatic rings. The van der Waals surface area contributed by atoms with Crippen LogP contribution in [0.1, 0.15) is 13.8 Å². The number of ether oxygens (including phenoxy) is 1. The average Bonchev–Trinajstić information content (AvgIpc) is 2.34. The highest BCUT2D eigenvalue weighted by atomic mass is 32.2. The van der Waals surface area contributed by atoms with Crippen molar-refractivity contribution in [2.24, 2.45) is 0 Å². The predicted molar refractivity (Wildman–Crippen MR) is 71.4 cm³/mol. The van der Waals surface area contributed by atoms with Crippen LogP contribution in [0.2, 0.25) is 0 Å². The smallest absolute Gasteiger partial charge is 0.327 e. The van der Waals surface area contributed by atoms with E-state index < -0.39 is 12.0 Å². The van der Waals surface area contributed by atoms with Crippen LogP contribution in [0, 0.1) is 0 Å². The minimum Gasteiger partial charge on any atom is -0.480 e. The van der Waals surface area contributed by atoms with Crippen molar-refractivity contribution in [1.82, 2.24) is 10.3 Å². The predicted octanol–water partition coefficient (Wildman–Crippen LogP) is 1.16. The SMILES string of the molecule is CCOc1cccc(SC[C@H](NC(C)=O)C(=O)O)n1. The summed E-state index contributed by atoms with van der Waals surface area (Å²) in [6, 6.07) is 4.35. The summed E-state index contributed by atoms with van der Waals surface area (Å²) in [4.78, 5) is 26.1. The van der Waals surface area contributed by atoms with E-state index in [9.17, 15) is 9.59 Å². The Balaban J connectivity index is 2.60. The number of aromatic nitrogens is 1. The fourth-order valence-corrected chi connectivity index (χ4v) is 2.19. The van der Waals surface area contributed by atoms with E-state index in [1.165, 1.54) is 18.7 Å². The number of thioether (sulfide) groups is 1. The van der Waals surface area contributed by atoms with E-state index in [1.807, 2.05) is 6.92 Å². The number of nitrogens with zero attached hydrogens (tertiary/aromatic N) is 1. The average molecular weight is 284 g/mol. The number of hydrogen-bond donors (Lipinski definition) is 2. The number of carboxylic acids is 1. The lowest BCUT2D eigenvalue weighted by molar-refractivity contribution is -0.140. The molecule has 0 aromatic carbocycles. The molecule has 0 aliphatic heterocycles. The van der Waals surface area contributed by atoms with Crippen LogP contribution in [-0.2, 0) is 9.59 Å². The molecule has 0 aliphatic carbocycles. The maximum Gasteiger partial charge on any atom is 0.327 e. The first-order valence-corrected chi connectivity index (χ1v) is 6.74. The Hall–Kier alpha value is -1.76. The summed E-state index contributed by atoms with van der Waals surface area (Å²) in [7, 11) is 0. The molecule has 1 heterocycles. The van der Waals surface area contributed by atoms with Crippen LogP contribution in [0.25, 0.3) is 0 Å². The lowest BCUT2D eigenvalue weighted by Gasteiger charge is -2.12. The van der Waals surface area contributed by atoms with E-state index in [1.54, 1.807) is 18.2 Å². The zero-order valence-corrected chi connectivity index (χ0v) is 11.6. The number of nitrogens with one attached hydrogen (secondary N) is 1. The van der Waals surface area contributed by atoms with Gasteiger partial charge in [-0.15, -0.1) is 11.8 Å². The zero-order chi connectivity index (χ0) is 14.3. The second kappa shape index (κ2) is 7.63. The fourth-order valence-electron chi connectivity index (χ4n) is 1.29. The van der Waals surface area contributed by atoms with Gasteiger partial charge in [-0.1, -0.05) is 6.07 Å². The molecule has 2 N–H and O–H groups in total. The van der Waals surface area contributed by atoms with E-state index in [2.05, 4.69) is 10.3 Å². The van der Waals surface area contributed by atoms with Crippen molar-refractivity contribution >= 4 is 23.6 Å². The third-order valence-electron chi connectivity index (χ3n) is 2.06. The monoisotopic (exact) mass is 284 g/mol. The van der Waals surface area contributed by atoms with Crippen molar-refractivity contribution in [1.29, 1.82) is 0 Å². The van der Waals surface area contributed by atoms with Gasteiger partial charge in [-0.05, 0) is 13.0 Å². The molecular weight excluding hydrogens is 268 g/mol. The molecule has 1 atom stereocenters. The number of aliphatic carboxylic acids is 1. The van der Waals surface area contributed by atoms with Crippen LogP contribution >= 0.6 is 11.8 Å². The number of carboxylic acid groups (broad SMARTS) is 1. The third-order valence-corrected chi connectivity index (χ3v) is 3.09. The first-order chi connectivity index (χ1) is 9.02. The lowest BCUT2D eigenvalue weighted by Crippen LogP contribution is -2.41. The molecule has 6 nitrogen and oxygen atoms in total. The maximum atomic E-state index is 11.0. The van der Waals surface area contributed by atoms with Gasteiger partial charge in [0.05, 0.1) is 6.61 Å². The van der Waals surface area contributed by atoms with Crippen molar-refractivity contribution in [3.63, 3.8) is 0 Å². The van der Waals surface area contributed by atoms with Crippen molar-refractivity contribution in [3.05, 3.63) is 18.2 Å². The molecule has 104 valence electrons. The summed E-state index contributed by atoms with van der Waals surface area (Å²) >= 11 is 1.25. The quantitative estimate of drug-likeness (QED) is 0.730. The highest BCUT2D eigenvalue weighted by molar-refractivity contribution is 7.99. The van der Waals surface area contributed by atoms with Gasteiger partial charge in [0.15, 0.2) is 0 Å². The van der Waals surface area contributed by atoms with Crippen LogP contribution in [0.5, 0.6) is 5.88 Å². The van der Waals surface area contributed by atoms with Crippen LogP contribution in [0.3, 0.4) is 0 Å². The van der Waals surface area contributed by atoms with Gasteiger partial charge in [0.2, 0.25) is 11.8 Å². The summed E-state index contributed by atoms with van der Waals surface area (Å²) < 4.78 is 5.25. The van der Waals surface area contributed by atoms with E-state index in [-0.39, 0.29) is 11.7 Å². The first-order valence-electron chi connectivity index (χ1n) is 5.75. The van der Waals surface area contributed by atoms with E-state index >= 15 is 0 Å². The Morgan fingerprint density at radius 2 is 2.26 bits per heavy atom. The van der Waals surface area contributed by atoms with Crippen molar-refractivity contribution in [3.8, 4) is 5.88 Å². The van der Waals surface area contributed by atoms with Gasteiger partial charge in [0.25, 0.3) is 0 Å². The third kappa shape index (κ3) is 5.60. The minimum absolute atomic E-state index is 0.206. The second-order valence-electron chi connectivity index (χ2n) is 3.65. The van der Waals surface area contributed by atoms with Gasteiger partial charge in [-0.3, -0.25) is 4.79 Å². The topological polar surface area (TPSA) is 88.5 Å². The minimum atomic E-state index is -1.07. The van der Waals surface area contributed by atoms with Crippen LogP contribution in [-0.4, -0.2) is 40.4 Å². The van der Waals surface area contributed by atoms with E-state index in [4.69, 9.17) is 9.84 Å². The van der Waals surface area contributed by atoms with Gasteiger partial charge < -0.3 is 15.2 Å². The molecular formula is C12H16N2O4S. The maximum absolute atomic E-state index is 11.0. The Morgan fingerprint density at radius 1 is 1.53 bits per heavy atom. The number of amides is 1. The fraction of sp³-hybridized carbons (Fsp3) is 0.417. The molecule has 0 bridgehead atoms. The van der Waals surface area contributed by atoms with Crippen LogP contribution < -0.4 is 10.1 Å². The van der Waals surface area contributed by atoms with Gasteiger partial charge in [0, 0.05) is 18.7 Å². The number of hydrogen-bond acceptors (Lipinski definition) is 5. The number of carbonyl (C=O) groups is 2. The van der Waals surface area contributed by atoms with Gasteiger partial charge >= 0.3 is 5.97 Å². The summed E-state index contributed by atoms with van der Waals surface area (Å²) in [5.41, 5.74) is 0. The highest BCUT2D eigenvalue weighted by Gasteiger charge is 2.18. The molecule has 1 amide bonds. The molecule has 19 heavy (non-hydrogen) atoms. The van der Waals surface area contributed by atoms with Crippen molar-refractivity contribution in [2.45, 2.75) is 24.9 Å². The largest absolute Gasteiger partial charge is 0.480 e. The van der Waals surface area contributed by atoms with Crippen LogP contribution in [0.4, 0.5) is 0 Å². The molecule has 0 radical (unpaired) electrons. The Kier molecular flexibility index (Phi) is 6.14. The molecule has 0 spiro atoms. The highest BCUT2D eigenvalue weighted by Crippen LogP contribution is 2.19. The van der Waals surface area contributed by atoms with Gasteiger partial charge in [0.1, 0.15) is 11.1 Å². The Morgan fingerprint density at radius 3 is 2.84 bits per heavy atom. The number of pyridine rings is 1. The second-order valence-corrected chi connectivity index (χ2v) is 4.69. The normalized spacial score (nSPS) is 11.7. The summed E-state index contributed by atoms with van der Waals surface area (Å²) in [6.45, 7) is 3.66. The van der Waals surface area contributed by atoms with Gasteiger partial charge in [-0.25, -0.2) is 9.78 Å². The summed E-state index contributed by atoms with van der Waals surface area (Å²) in [6.07, 6.45) is 0. The molecule has 1 aromatic heterocycles. The van der Waals surface area contributed by atoms with E-state index in [0.29, 0.717) is 17.5 Å². The Bertz CT molecular complexity index is 453. The van der Waals surface area contributed by atoms with E-state index in [0.717, 1.165) is 0 Å². The zero-order valence-electron chi connectivity index (χ0n) is 10.8. The molecule has 0 unspecified atom stereocenters. The molecule has 1 rings (SSSR count). The molecule has 0 fully saturated rings. The number of carbonyl (C=O) groups excluding carboxylic acids is 1. The van der Waals surface area contributed by atoms with Crippen LogP contribution in [0.15, 0.2) is 23.2 Å². The summed E-state index contributed by atoms with van der Waals surface area (Å²) in [5, 5.41) is 12.0. The first kappa shape index (κ1) is 15.3. The Labute approximate surface area is 115 Å².